The third kappa shape index (κ3) is 2.97. The highest BCUT2D eigenvalue weighted by Crippen LogP contribution is 2.48. The Morgan fingerprint density at radius 2 is 2.05 bits per heavy atom. The van der Waals surface area contributed by atoms with E-state index < -0.39 is 12.2 Å². The van der Waals surface area contributed by atoms with Crippen LogP contribution in [0.25, 0.3) is 0 Å². The lowest BCUT2D eigenvalue weighted by atomic mass is 9.96. The zero-order valence-corrected chi connectivity index (χ0v) is 13.0. The molecular weight excluding hydrogens is 285 g/mol. The number of aliphatic hydroxyl groups excluding tert-OH is 1. The number of fused-ring (bicyclic) bond motifs is 1. The van der Waals surface area contributed by atoms with Crippen LogP contribution in [0.5, 0.6) is 0 Å². The number of carbonyl (C=O) groups is 1. The second-order valence-corrected chi connectivity index (χ2v) is 7.49. The predicted molar refractivity (Wildman–Crippen MR) is 78.5 cm³/mol. The van der Waals surface area contributed by atoms with Crippen LogP contribution in [0, 0.1) is 23.2 Å². The molecule has 0 bridgehead atoms. The van der Waals surface area contributed by atoms with E-state index in [1.165, 1.54) is 4.90 Å². The lowest BCUT2D eigenvalue weighted by Crippen LogP contribution is -2.48. The molecule has 0 aromatic carbocycles. The van der Waals surface area contributed by atoms with E-state index in [2.05, 4.69) is 12.2 Å². The summed E-state index contributed by atoms with van der Waals surface area (Å²) in [5.74, 6) is 0.887. The highest BCUT2D eigenvalue weighted by atomic mass is 19.1. The Bertz CT molecular complexity index is 478. The Morgan fingerprint density at radius 3 is 2.64 bits per heavy atom. The molecule has 3 fully saturated rings. The van der Waals surface area contributed by atoms with Gasteiger partial charge in [-0.1, -0.05) is 0 Å². The molecular formula is C16H24FN3O2. The largest absolute Gasteiger partial charge is 0.393 e. The van der Waals surface area contributed by atoms with Crippen molar-refractivity contribution in [2.45, 2.75) is 62.9 Å². The predicted octanol–water partition coefficient (Wildman–Crippen LogP) is 0.978. The summed E-state index contributed by atoms with van der Waals surface area (Å²) in [5.41, 5.74) is -0.0951. The maximum absolute atomic E-state index is 13.4. The van der Waals surface area contributed by atoms with E-state index in [0.717, 1.165) is 25.7 Å². The molecule has 0 radical (unpaired) electrons. The van der Waals surface area contributed by atoms with Gasteiger partial charge in [0.05, 0.1) is 25.3 Å². The summed E-state index contributed by atoms with van der Waals surface area (Å²) in [6.07, 6.45) is 2.54. The number of halogens is 1. The van der Waals surface area contributed by atoms with Gasteiger partial charge in [0.25, 0.3) is 0 Å². The molecule has 1 aliphatic heterocycles. The lowest BCUT2D eigenvalue weighted by molar-refractivity contribution is -0.130. The zero-order valence-electron chi connectivity index (χ0n) is 13.0. The SMILES string of the molecule is C[C@]1(NCC(=O)N2C[C@@H](F)C[C@H]2C#N)C[C@H]2C[C@@H](O)C[C@H]2C1. The average Bonchev–Trinajstić information content (AvgIpc) is 3.07. The minimum Gasteiger partial charge on any atom is -0.393 e. The van der Waals surface area contributed by atoms with Crippen LogP contribution in [0.1, 0.15) is 39.0 Å². The highest BCUT2D eigenvalue weighted by molar-refractivity contribution is 5.79. The second-order valence-electron chi connectivity index (χ2n) is 7.49. The third-order valence-corrected chi connectivity index (χ3v) is 5.63. The number of hydrogen-bond acceptors (Lipinski definition) is 4. The summed E-state index contributed by atoms with van der Waals surface area (Å²) in [7, 11) is 0. The number of aliphatic hydroxyl groups is 1. The maximum atomic E-state index is 13.4. The smallest absolute Gasteiger partial charge is 0.237 e. The molecule has 122 valence electrons. The Kier molecular flexibility index (Phi) is 4.13. The second kappa shape index (κ2) is 5.78. The van der Waals surface area contributed by atoms with Crippen molar-refractivity contribution in [2.75, 3.05) is 13.1 Å². The van der Waals surface area contributed by atoms with Gasteiger partial charge >= 0.3 is 0 Å². The molecule has 22 heavy (non-hydrogen) atoms. The fraction of sp³-hybridized carbons (Fsp3) is 0.875. The van der Waals surface area contributed by atoms with Crippen molar-refractivity contribution >= 4 is 5.91 Å². The van der Waals surface area contributed by atoms with E-state index >= 15 is 0 Å². The number of nitrogens with one attached hydrogen (secondary N) is 1. The van der Waals surface area contributed by atoms with Crippen molar-refractivity contribution in [3.8, 4) is 6.07 Å². The molecule has 3 rings (SSSR count). The average molecular weight is 309 g/mol. The van der Waals surface area contributed by atoms with Crippen molar-refractivity contribution in [1.29, 1.82) is 5.26 Å². The molecule has 1 amide bonds. The first-order valence-electron chi connectivity index (χ1n) is 8.16. The normalized spacial score (nSPS) is 44.1. The molecule has 2 saturated carbocycles. The highest BCUT2D eigenvalue weighted by Gasteiger charge is 2.47. The molecule has 6 atom stereocenters. The zero-order chi connectivity index (χ0) is 15.9. The summed E-state index contributed by atoms with van der Waals surface area (Å²) in [6.45, 7) is 2.31. The third-order valence-electron chi connectivity index (χ3n) is 5.63. The number of nitriles is 1. The first kappa shape index (κ1) is 15.7. The van der Waals surface area contributed by atoms with E-state index in [9.17, 15) is 14.3 Å². The fourth-order valence-electron chi connectivity index (χ4n) is 4.64. The molecule has 0 unspecified atom stereocenters. The van der Waals surface area contributed by atoms with Crippen LogP contribution in [-0.2, 0) is 4.79 Å². The molecule has 2 N–H and O–H groups in total. The van der Waals surface area contributed by atoms with Gasteiger partial charge in [0.1, 0.15) is 12.2 Å². The van der Waals surface area contributed by atoms with Gasteiger partial charge in [0, 0.05) is 12.0 Å². The van der Waals surface area contributed by atoms with Gasteiger partial charge < -0.3 is 15.3 Å². The van der Waals surface area contributed by atoms with Gasteiger partial charge in [-0.25, -0.2) is 4.39 Å². The Labute approximate surface area is 130 Å². The van der Waals surface area contributed by atoms with Crippen LogP contribution in [0.4, 0.5) is 4.39 Å². The van der Waals surface area contributed by atoms with Crippen LogP contribution in [0.2, 0.25) is 0 Å². The van der Waals surface area contributed by atoms with E-state index in [1.807, 2.05) is 6.07 Å². The van der Waals surface area contributed by atoms with Gasteiger partial charge in [-0.2, -0.15) is 5.26 Å². The summed E-state index contributed by atoms with van der Waals surface area (Å²) in [4.78, 5) is 13.6. The van der Waals surface area contributed by atoms with E-state index in [-0.39, 0.29) is 37.1 Å². The molecule has 0 aromatic heterocycles. The van der Waals surface area contributed by atoms with Crippen molar-refractivity contribution in [1.82, 2.24) is 10.2 Å². The molecule has 1 heterocycles. The van der Waals surface area contributed by atoms with E-state index in [1.54, 1.807) is 0 Å². The van der Waals surface area contributed by atoms with Crippen LogP contribution < -0.4 is 5.32 Å². The van der Waals surface area contributed by atoms with Crippen molar-refractivity contribution in [3.05, 3.63) is 0 Å². The van der Waals surface area contributed by atoms with Crippen LogP contribution in [-0.4, -0.2) is 52.9 Å². The molecule has 3 aliphatic rings. The first-order valence-corrected chi connectivity index (χ1v) is 8.16. The van der Waals surface area contributed by atoms with Crippen molar-refractivity contribution in [2.24, 2.45) is 11.8 Å². The van der Waals surface area contributed by atoms with Gasteiger partial charge in [-0.05, 0) is 44.4 Å². The number of carbonyl (C=O) groups excluding carboxylic acids is 1. The maximum Gasteiger partial charge on any atom is 0.237 e. The minimum atomic E-state index is -1.09. The Morgan fingerprint density at radius 1 is 1.41 bits per heavy atom. The van der Waals surface area contributed by atoms with Gasteiger partial charge in [0.2, 0.25) is 5.91 Å². The van der Waals surface area contributed by atoms with Crippen LogP contribution >= 0.6 is 0 Å². The van der Waals surface area contributed by atoms with E-state index in [4.69, 9.17) is 5.26 Å². The Balaban J connectivity index is 1.53. The molecule has 2 aliphatic carbocycles. The monoisotopic (exact) mass is 309 g/mol. The van der Waals surface area contributed by atoms with Crippen molar-refractivity contribution in [3.63, 3.8) is 0 Å². The number of hydrogen-bond donors (Lipinski definition) is 2. The topological polar surface area (TPSA) is 76.4 Å². The molecule has 5 nitrogen and oxygen atoms in total. The molecule has 0 spiro atoms. The fourth-order valence-corrected chi connectivity index (χ4v) is 4.64. The van der Waals surface area contributed by atoms with Crippen LogP contribution in [0.15, 0.2) is 0 Å². The van der Waals surface area contributed by atoms with Gasteiger partial charge in [-0.3, -0.25) is 4.79 Å². The summed E-state index contributed by atoms with van der Waals surface area (Å²) < 4.78 is 13.4. The Hall–Kier alpha value is -1.19. The number of rotatable bonds is 3. The quantitative estimate of drug-likeness (QED) is 0.815. The number of amides is 1. The number of alkyl halides is 1. The summed E-state index contributed by atoms with van der Waals surface area (Å²) in [5, 5.41) is 22.0. The molecule has 1 saturated heterocycles. The molecule has 0 aromatic rings. The van der Waals surface area contributed by atoms with Crippen molar-refractivity contribution < 1.29 is 14.3 Å². The minimum absolute atomic E-state index is 0.0346. The number of nitrogens with zero attached hydrogens (tertiary/aromatic N) is 2. The first-order chi connectivity index (χ1) is 10.4. The lowest BCUT2D eigenvalue weighted by Gasteiger charge is -2.29. The van der Waals surface area contributed by atoms with Gasteiger partial charge in [-0.15, -0.1) is 0 Å². The summed E-state index contributed by atoms with van der Waals surface area (Å²) in [6, 6.07) is 1.38. The molecule has 6 heteroatoms. The van der Waals surface area contributed by atoms with E-state index in [0.29, 0.717) is 11.8 Å². The summed E-state index contributed by atoms with van der Waals surface area (Å²) >= 11 is 0. The number of likely N-dealkylation sites (tertiary alicyclic amines) is 1. The standard InChI is InChI=1S/C16H24FN3O2/c1-16(5-10-2-14(21)3-11(10)6-16)19-8-15(22)20-9-12(17)4-13(20)7-18/h10-14,19,21H,2-6,8-9H2,1H3/t10-,11+,12-,13-,14-,16+/m0/s1. The van der Waals surface area contributed by atoms with Gasteiger partial charge in [0.15, 0.2) is 0 Å². The van der Waals surface area contributed by atoms with Crippen LogP contribution in [0.3, 0.4) is 0 Å².